The highest BCUT2D eigenvalue weighted by atomic mass is 16.5. The Bertz CT molecular complexity index is 924. The minimum absolute atomic E-state index is 0.0680. The van der Waals surface area contributed by atoms with Crippen molar-refractivity contribution in [3.8, 4) is 5.75 Å². The van der Waals surface area contributed by atoms with Gasteiger partial charge in [0.25, 0.3) is 5.91 Å². The van der Waals surface area contributed by atoms with E-state index in [4.69, 9.17) is 4.74 Å². The van der Waals surface area contributed by atoms with Crippen molar-refractivity contribution in [3.05, 3.63) is 95.6 Å². The molecule has 0 fully saturated rings. The minimum Gasteiger partial charge on any atom is -0.488 e. The summed E-state index contributed by atoms with van der Waals surface area (Å²) in [5.74, 6) is 0.703. The van der Waals surface area contributed by atoms with Crippen molar-refractivity contribution >= 4 is 11.6 Å². The van der Waals surface area contributed by atoms with Crippen molar-refractivity contribution in [2.24, 2.45) is 0 Å². The van der Waals surface area contributed by atoms with Crippen LogP contribution in [-0.4, -0.2) is 13.0 Å². The summed E-state index contributed by atoms with van der Waals surface area (Å²) in [6, 6.07) is 25.5. The van der Waals surface area contributed by atoms with Gasteiger partial charge in [-0.1, -0.05) is 60.7 Å². The molecule has 3 aromatic carbocycles. The molecule has 0 spiro atoms. The molecule has 1 amide bonds. The predicted molar refractivity (Wildman–Crippen MR) is 102 cm³/mol. The highest BCUT2D eigenvalue weighted by Crippen LogP contribution is 2.35. The number of hydrogen-bond acceptors (Lipinski definition) is 3. The first-order chi connectivity index (χ1) is 12.7. The van der Waals surface area contributed by atoms with Gasteiger partial charge in [-0.05, 0) is 23.8 Å². The highest BCUT2D eigenvalue weighted by Gasteiger charge is 2.30. The van der Waals surface area contributed by atoms with Crippen molar-refractivity contribution in [1.29, 1.82) is 0 Å². The summed E-state index contributed by atoms with van der Waals surface area (Å²) in [6.45, 7) is 0.485. The average Bonchev–Trinajstić information content (AvgIpc) is 2.70. The van der Waals surface area contributed by atoms with Gasteiger partial charge in [-0.3, -0.25) is 4.79 Å². The normalized spacial score (nSPS) is 16.0. The van der Waals surface area contributed by atoms with Gasteiger partial charge in [0, 0.05) is 12.6 Å². The molecular formula is C22H20N2O2. The Hall–Kier alpha value is -3.27. The van der Waals surface area contributed by atoms with Crippen LogP contribution in [0.4, 0.5) is 5.69 Å². The Morgan fingerprint density at radius 2 is 1.62 bits per heavy atom. The fourth-order valence-corrected chi connectivity index (χ4v) is 3.27. The molecule has 0 unspecified atom stereocenters. The number of carbonyl (C=O) groups is 1. The van der Waals surface area contributed by atoms with E-state index in [2.05, 4.69) is 10.2 Å². The molecule has 4 heteroatoms. The van der Waals surface area contributed by atoms with E-state index in [9.17, 15) is 4.79 Å². The fourth-order valence-electron chi connectivity index (χ4n) is 3.27. The number of carbonyl (C=O) groups excluding carboxylic acids is 1. The molecule has 130 valence electrons. The van der Waals surface area contributed by atoms with E-state index in [0.29, 0.717) is 12.2 Å². The summed E-state index contributed by atoms with van der Waals surface area (Å²) in [5.41, 5.74) is 3.65. The molecule has 1 aliphatic rings. The molecule has 1 aliphatic heterocycles. The molecule has 4 nitrogen and oxygen atoms in total. The van der Waals surface area contributed by atoms with Gasteiger partial charge in [0.05, 0.1) is 11.3 Å². The van der Waals surface area contributed by atoms with E-state index in [1.54, 1.807) is 0 Å². The van der Waals surface area contributed by atoms with Crippen molar-refractivity contribution in [1.82, 2.24) is 5.32 Å². The Labute approximate surface area is 153 Å². The lowest BCUT2D eigenvalue weighted by Crippen LogP contribution is -2.44. The summed E-state index contributed by atoms with van der Waals surface area (Å²) in [5, 5.41) is 3.08. The Kier molecular flexibility index (Phi) is 4.32. The Morgan fingerprint density at radius 1 is 0.923 bits per heavy atom. The smallest absolute Gasteiger partial charge is 0.255 e. The topological polar surface area (TPSA) is 41.6 Å². The SMILES string of the molecule is CN1c2ccccc2C(=O)N[C@H]1c1ccccc1OCc1ccccc1. The number of nitrogens with zero attached hydrogens (tertiary/aromatic N) is 1. The predicted octanol–water partition coefficient (Wildman–Crippen LogP) is 4.14. The highest BCUT2D eigenvalue weighted by molar-refractivity contribution is 6.02. The molecule has 0 aromatic heterocycles. The molecule has 26 heavy (non-hydrogen) atoms. The molecule has 3 aromatic rings. The number of anilines is 1. The lowest BCUT2D eigenvalue weighted by atomic mass is 10.0. The van der Waals surface area contributed by atoms with Crippen LogP contribution in [0.3, 0.4) is 0 Å². The molecule has 4 rings (SSSR count). The molecule has 1 heterocycles. The summed E-state index contributed by atoms with van der Waals surface area (Å²) >= 11 is 0. The molecule has 0 bridgehead atoms. The third kappa shape index (κ3) is 3.02. The van der Waals surface area contributed by atoms with E-state index in [1.165, 1.54) is 0 Å². The van der Waals surface area contributed by atoms with Gasteiger partial charge < -0.3 is 15.0 Å². The van der Waals surface area contributed by atoms with Gasteiger partial charge in [0.1, 0.15) is 18.5 Å². The van der Waals surface area contributed by atoms with Crippen molar-refractivity contribution < 1.29 is 9.53 Å². The first-order valence-corrected chi connectivity index (χ1v) is 8.62. The zero-order chi connectivity index (χ0) is 17.9. The summed E-state index contributed by atoms with van der Waals surface area (Å²) in [7, 11) is 1.98. The molecule has 1 atom stereocenters. The maximum absolute atomic E-state index is 12.5. The third-order valence-electron chi connectivity index (χ3n) is 4.63. The standard InChI is InChI=1S/C22H20N2O2/c1-24-19-13-7-5-11-17(19)22(25)23-21(24)18-12-6-8-14-20(18)26-15-16-9-3-2-4-10-16/h2-14,21H,15H2,1H3,(H,23,25)/t21-/m1/s1. The van der Waals surface area contributed by atoms with Crippen LogP contribution in [0.25, 0.3) is 0 Å². The van der Waals surface area contributed by atoms with Gasteiger partial charge in [0.15, 0.2) is 0 Å². The van der Waals surface area contributed by atoms with E-state index < -0.39 is 0 Å². The molecule has 0 saturated carbocycles. The van der Waals surface area contributed by atoms with Crippen LogP contribution in [-0.2, 0) is 6.61 Å². The molecule has 0 saturated heterocycles. The van der Waals surface area contributed by atoms with Crippen molar-refractivity contribution in [2.45, 2.75) is 12.8 Å². The molecular weight excluding hydrogens is 324 g/mol. The Morgan fingerprint density at radius 3 is 2.46 bits per heavy atom. The van der Waals surface area contributed by atoms with Crippen LogP contribution in [0.5, 0.6) is 5.75 Å². The van der Waals surface area contributed by atoms with E-state index in [1.807, 2.05) is 85.9 Å². The van der Waals surface area contributed by atoms with Crippen LogP contribution < -0.4 is 15.0 Å². The summed E-state index contributed by atoms with van der Waals surface area (Å²) < 4.78 is 6.07. The lowest BCUT2D eigenvalue weighted by molar-refractivity contribution is 0.0927. The van der Waals surface area contributed by atoms with Crippen LogP contribution in [0.1, 0.15) is 27.7 Å². The zero-order valence-electron chi connectivity index (χ0n) is 14.6. The number of para-hydroxylation sites is 2. The first kappa shape index (κ1) is 16.2. The van der Waals surface area contributed by atoms with Crippen LogP contribution >= 0.6 is 0 Å². The monoisotopic (exact) mass is 344 g/mol. The molecule has 1 N–H and O–H groups in total. The van der Waals surface area contributed by atoms with Crippen molar-refractivity contribution in [2.75, 3.05) is 11.9 Å². The number of ether oxygens (including phenoxy) is 1. The average molecular weight is 344 g/mol. The molecule has 0 radical (unpaired) electrons. The van der Waals surface area contributed by atoms with Gasteiger partial charge in [-0.25, -0.2) is 0 Å². The minimum atomic E-state index is -0.274. The van der Waals surface area contributed by atoms with Gasteiger partial charge in [-0.2, -0.15) is 0 Å². The second kappa shape index (κ2) is 6.92. The van der Waals surface area contributed by atoms with E-state index in [0.717, 1.165) is 22.6 Å². The first-order valence-electron chi connectivity index (χ1n) is 8.62. The fraction of sp³-hybridized carbons (Fsp3) is 0.136. The number of fused-ring (bicyclic) bond motifs is 1. The maximum Gasteiger partial charge on any atom is 0.255 e. The number of benzene rings is 3. The maximum atomic E-state index is 12.5. The van der Waals surface area contributed by atoms with Crippen molar-refractivity contribution in [3.63, 3.8) is 0 Å². The second-order valence-electron chi connectivity index (χ2n) is 6.32. The number of rotatable bonds is 4. The number of nitrogens with one attached hydrogen (secondary N) is 1. The zero-order valence-corrected chi connectivity index (χ0v) is 14.6. The number of amides is 1. The summed E-state index contributed by atoms with van der Waals surface area (Å²) in [4.78, 5) is 14.6. The van der Waals surface area contributed by atoms with Crippen LogP contribution in [0.15, 0.2) is 78.9 Å². The van der Waals surface area contributed by atoms with Crippen LogP contribution in [0.2, 0.25) is 0 Å². The van der Waals surface area contributed by atoms with E-state index >= 15 is 0 Å². The molecule has 0 aliphatic carbocycles. The van der Waals surface area contributed by atoms with Gasteiger partial charge >= 0.3 is 0 Å². The third-order valence-corrected chi connectivity index (χ3v) is 4.63. The van der Waals surface area contributed by atoms with E-state index in [-0.39, 0.29) is 12.1 Å². The summed E-state index contributed by atoms with van der Waals surface area (Å²) in [6.07, 6.45) is -0.274. The largest absolute Gasteiger partial charge is 0.488 e. The van der Waals surface area contributed by atoms with Gasteiger partial charge in [0.2, 0.25) is 0 Å². The Balaban J connectivity index is 1.63. The number of hydrogen-bond donors (Lipinski definition) is 1. The lowest BCUT2D eigenvalue weighted by Gasteiger charge is -2.37. The quantitative estimate of drug-likeness (QED) is 0.773. The van der Waals surface area contributed by atoms with Gasteiger partial charge in [-0.15, -0.1) is 0 Å². The van der Waals surface area contributed by atoms with Crippen LogP contribution in [0, 0.1) is 0 Å². The second-order valence-corrected chi connectivity index (χ2v) is 6.32.